The average Bonchev–Trinajstić information content (AvgIpc) is 3.36. The van der Waals surface area contributed by atoms with Crippen LogP contribution in [-0.4, -0.2) is 51.5 Å². The van der Waals surface area contributed by atoms with E-state index in [-0.39, 0.29) is 23.6 Å². The normalized spacial score (nSPS) is 16.0. The van der Waals surface area contributed by atoms with Crippen molar-refractivity contribution in [1.29, 1.82) is 0 Å². The fourth-order valence-corrected chi connectivity index (χ4v) is 4.98. The van der Waals surface area contributed by atoms with Crippen molar-refractivity contribution in [2.45, 2.75) is 31.7 Å². The molecule has 1 aliphatic carbocycles. The maximum absolute atomic E-state index is 12.8. The first-order chi connectivity index (χ1) is 15.5. The van der Waals surface area contributed by atoms with E-state index < -0.39 is 5.97 Å². The van der Waals surface area contributed by atoms with E-state index in [1.54, 1.807) is 16.5 Å². The molecule has 1 aromatic heterocycles. The molecule has 1 fully saturated rings. The second-order valence-corrected chi connectivity index (χ2v) is 8.42. The molecule has 2 aliphatic rings. The fourth-order valence-electron chi connectivity index (χ4n) is 4.98. The first kappa shape index (κ1) is 20.3. The summed E-state index contributed by atoms with van der Waals surface area (Å²) in [6.07, 6.45) is 2.53. The number of aromatic carboxylic acids is 1. The maximum atomic E-state index is 12.8. The minimum atomic E-state index is -0.968. The Kier molecular flexibility index (Phi) is 5.17. The lowest BCUT2D eigenvalue weighted by atomic mass is 9.98. The Morgan fingerprint density at radius 2 is 1.62 bits per heavy atom. The van der Waals surface area contributed by atoms with Gasteiger partial charge in [-0.25, -0.2) is 9.59 Å². The van der Waals surface area contributed by atoms with Gasteiger partial charge in [-0.15, -0.1) is 0 Å². The number of fused-ring (bicyclic) bond motifs is 3. The maximum Gasteiger partial charge on any atom is 0.409 e. The van der Waals surface area contributed by atoms with Crippen LogP contribution in [0.25, 0.3) is 11.1 Å². The number of nitrogens with zero attached hydrogens (tertiary/aromatic N) is 3. The zero-order valence-electron chi connectivity index (χ0n) is 17.9. The number of hydrogen-bond acceptors (Lipinski definition) is 4. The molecule has 1 amide bonds. The number of rotatable bonds is 4. The van der Waals surface area contributed by atoms with Crippen molar-refractivity contribution in [1.82, 2.24) is 14.7 Å². The molecule has 0 bridgehead atoms. The van der Waals surface area contributed by atoms with Gasteiger partial charge in [-0.05, 0) is 42.0 Å². The van der Waals surface area contributed by atoms with Crippen LogP contribution in [0.1, 0.15) is 52.0 Å². The van der Waals surface area contributed by atoms with Gasteiger partial charge in [-0.2, -0.15) is 5.10 Å². The molecule has 1 N–H and O–H groups in total. The molecule has 1 saturated heterocycles. The predicted molar refractivity (Wildman–Crippen MR) is 119 cm³/mol. The number of ether oxygens (including phenoxy) is 1. The summed E-state index contributed by atoms with van der Waals surface area (Å²) in [6, 6.07) is 16.7. The molecule has 0 radical (unpaired) electrons. The van der Waals surface area contributed by atoms with E-state index in [4.69, 9.17) is 4.74 Å². The fraction of sp³-hybridized carbons (Fsp3) is 0.320. The van der Waals surface area contributed by atoms with E-state index in [9.17, 15) is 14.7 Å². The molecule has 7 heteroatoms. The summed E-state index contributed by atoms with van der Waals surface area (Å²) in [6.45, 7) is 3.20. The van der Waals surface area contributed by atoms with Crippen LogP contribution >= 0.6 is 0 Å². The standard InChI is InChI=1S/C25H25N3O4/c1-16-22(24(29)30)14-26-28(16)17-10-12-27(13-11-17)25(31)32-15-23-20-8-4-2-6-18(20)19-7-3-5-9-21(19)23/h2-9,14,17,23H,10-13,15H2,1H3,(H,29,30). The van der Waals surface area contributed by atoms with E-state index in [0.29, 0.717) is 38.2 Å². The second kappa shape index (κ2) is 8.15. The van der Waals surface area contributed by atoms with Gasteiger partial charge in [0.2, 0.25) is 0 Å². The van der Waals surface area contributed by atoms with Crippen LogP contribution < -0.4 is 0 Å². The lowest BCUT2D eigenvalue weighted by Crippen LogP contribution is -2.40. The number of likely N-dealkylation sites (tertiary alicyclic amines) is 1. The SMILES string of the molecule is Cc1c(C(=O)O)cnn1C1CCN(C(=O)OCC2c3ccccc3-c3ccccc32)CC1. The van der Waals surface area contributed by atoms with Crippen LogP contribution in [0.15, 0.2) is 54.7 Å². The second-order valence-electron chi connectivity index (χ2n) is 8.42. The molecule has 1 aliphatic heterocycles. The van der Waals surface area contributed by atoms with Crippen molar-refractivity contribution in [3.63, 3.8) is 0 Å². The first-order valence-electron chi connectivity index (χ1n) is 10.9. The zero-order valence-corrected chi connectivity index (χ0v) is 17.9. The molecule has 0 unspecified atom stereocenters. The molecular weight excluding hydrogens is 406 g/mol. The van der Waals surface area contributed by atoms with E-state index in [1.165, 1.54) is 28.5 Å². The van der Waals surface area contributed by atoms with Gasteiger partial charge in [0.1, 0.15) is 12.2 Å². The Hall–Kier alpha value is -3.61. The van der Waals surface area contributed by atoms with Gasteiger partial charge in [0, 0.05) is 19.0 Å². The number of amides is 1. The summed E-state index contributed by atoms with van der Waals surface area (Å²) in [5.74, 6) is -0.921. The molecule has 32 heavy (non-hydrogen) atoms. The number of carboxylic acid groups (broad SMARTS) is 1. The smallest absolute Gasteiger partial charge is 0.409 e. The molecule has 7 nitrogen and oxygen atoms in total. The van der Waals surface area contributed by atoms with Gasteiger partial charge in [0.25, 0.3) is 0 Å². The van der Waals surface area contributed by atoms with Gasteiger partial charge in [0.15, 0.2) is 0 Å². The summed E-state index contributed by atoms with van der Waals surface area (Å²) >= 11 is 0. The van der Waals surface area contributed by atoms with Gasteiger partial charge < -0.3 is 14.7 Å². The molecule has 164 valence electrons. The number of carbonyl (C=O) groups excluding carboxylic acids is 1. The van der Waals surface area contributed by atoms with Crippen molar-refractivity contribution >= 4 is 12.1 Å². The van der Waals surface area contributed by atoms with Crippen LogP contribution in [-0.2, 0) is 4.74 Å². The summed E-state index contributed by atoms with van der Waals surface area (Å²) in [7, 11) is 0. The quantitative estimate of drug-likeness (QED) is 0.659. The van der Waals surface area contributed by atoms with E-state index in [1.807, 2.05) is 24.3 Å². The van der Waals surface area contributed by atoms with Crippen LogP contribution in [0, 0.1) is 6.92 Å². The summed E-state index contributed by atoms with van der Waals surface area (Å²) < 4.78 is 7.54. The Labute approximate surface area is 186 Å². The van der Waals surface area contributed by atoms with Crippen LogP contribution in [0.5, 0.6) is 0 Å². The number of benzene rings is 2. The molecular formula is C25H25N3O4. The molecule has 0 saturated carbocycles. The van der Waals surface area contributed by atoms with Crippen molar-refractivity contribution in [2.75, 3.05) is 19.7 Å². The van der Waals surface area contributed by atoms with Gasteiger partial charge in [-0.1, -0.05) is 48.5 Å². The highest BCUT2D eigenvalue weighted by molar-refractivity contribution is 5.88. The summed E-state index contributed by atoms with van der Waals surface area (Å²) in [5, 5.41) is 13.5. The highest BCUT2D eigenvalue weighted by Crippen LogP contribution is 2.44. The van der Waals surface area contributed by atoms with Crippen molar-refractivity contribution in [2.24, 2.45) is 0 Å². The summed E-state index contributed by atoms with van der Waals surface area (Å²) in [4.78, 5) is 25.8. The third-order valence-electron chi connectivity index (χ3n) is 6.68. The molecule has 5 rings (SSSR count). The Balaban J connectivity index is 1.22. The highest BCUT2D eigenvalue weighted by atomic mass is 16.6. The molecule has 2 aromatic carbocycles. The Bertz CT molecular complexity index is 1130. The number of piperidine rings is 1. The van der Waals surface area contributed by atoms with Crippen LogP contribution in [0.2, 0.25) is 0 Å². The van der Waals surface area contributed by atoms with Gasteiger partial charge in [-0.3, -0.25) is 4.68 Å². The molecule has 2 heterocycles. The zero-order chi connectivity index (χ0) is 22.2. The first-order valence-corrected chi connectivity index (χ1v) is 10.9. The molecule has 0 spiro atoms. The molecule has 3 aromatic rings. The number of aromatic nitrogens is 2. The highest BCUT2D eigenvalue weighted by Gasteiger charge is 2.31. The Morgan fingerprint density at radius 3 is 2.19 bits per heavy atom. The topological polar surface area (TPSA) is 84.7 Å². The third-order valence-corrected chi connectivity index (χ3v) is 6.68. The lowest BCUT2D eigenvalue weighted by Gasteiger charge is -2.32. The van der Waals surface area contributed by atoms with Crippen LogP contribution in [0.3, 0.4) is 0 Å². The predicted octanol–water partition coefficient (Wildman–Crippen LogP) is 4.48. The minimum Gasteiger partial charge on any atom is -0.478 e. The summed E-state index contributed by atoms with van der Waals surface area (Å²) in [5.41, 5.74) is 5.69. The Morgan fingerprint density at radius 1 is 1.03 bits per heavy atom. The largest absolute Gasteiger partial charge is 0.478 e. The van der Waals surface area contributed by atoms with E-state index in [2.05, 4.69) is 29.4 Å². The number of carbonyl (C=O) groups is 2. The van der Waals surface area contributed by atoms with E-state index in [0.717, 1.165) is 0 Å². The third kappa shape index (κ3) is 3.43. The van der Waals surface area contributed by atoms with Crippen molar-refractivity contribution < 1.29 is 19.4 Å². The average molecular weight is 431 g/mol. The van der Waals surface area contributed by atoms with Gasteiger partial charge in [0.05, 0.1) is 17.9 Å². The number of hydrogen-bond donors (Lipinski definition) is 1. The molecule has 0 atom stereocenters. The number of carboxylic acids is 1. The monoisotopic (exact) mass is 431 g/mol. The van der Waals surface area contributed by atoms with Gasteiger partial charge >= 0.3 is 12.1 Å². The minimum absolute atomic E-state index is 0.0463. The van der Waals surface area contributed by atoms with E-state index >= 15 is 0 Å². The lowest BCUT2D eigenvalue weighted by molar-refractivity contribution is 0.0695. The van der Waals surface area contributed by atoms with Crippen molar-refractivity contribution in [3.05, 3.63) is 77.1 Å². The van der Waals surface area contributed by atoms with Crippen molar-refractivity contribution in [3.8, 4) is 11.1 Å². The van der Waals surface area contributed by atoms with Crippen LogP contribution in [0.4, 0.5) is 4.79 Å².